The molecule has 4 aromatic rings. The van der Waals surface area contributed by atoms with E-state index in [1.165, 1.54) is 42.1 Å². The van der Waals surface area contributed by atoms with E-state index in [1.807, 2.05) is 6.92 Å². The molecule has 1 fully saturated rings. The standard InChI is InChI=1S/C29H24F3N5O/c1-18-3-7-23(12-22(18)8-6-21-14-33-27(34-15-21)11-20-4-5-20)28(38)36-24-9-10-26(25(13-24)29(30,31)32)37-16-19(2)35-17-37/h3,7,9-10,12-17,20H,4-5,11H2,1-2H3,(H,36,38). The number of aromatic nitrogens is 4. The molecule has 0 radical (unpaired) electrons. The highest BCUT2D eigenvalue weighted by molar-refractivity contribution is 6.04. The lowest BCUT2D eigenvalue weighted by molar-refractivity contribution is -0.137. The Morgan fingerprint density at radius 2 is 1.82 bits per heavy atom. The van der Waals surface area contributed by atoms with Gasteiger partial charge in [-0.15, -0.1) is 0 Å². The number of hydrogen-bond donors (Lipinski definition) is 1. The van der Waals surface area contributed by atoms with Gasteiger partial charge in [0.05, 0.1) is 28.8 Å². The first-order valence-corrected chi connectivity index (χ1v) is 12.1. The molecule has 6 nitrogen and oxygen atoms in total. The van der Waals surface area contributed by atoms with Gasteiger partial charge in [-0.2, -0.15) is 13.2 Å². The molecule has 1 saturated carbocycles. The van der Waals surface area contributed by atoms with Crippen LogP contribution in [-0.4, -0.2) is 25.4 Å². The van der Waals surface area contributed by atoms with Crippen molar-refractivity contribution in [3.63, 3.8) is 0 Å². The fourth-order valence-electron chi connectivity index (χ4n) is 3.96. The quantitative estimate of drug-likeness (QED) is 0.336. The van der Waals surface area contributed by atoms with E-state index < -0.39 is 17.6 Å². The number of imidazole rings is 1. The van der Waals surface area contributed by atoms with Gasteiger partial charge in [-0.25, -0.2) is 15.0 Å². The molecule has 2 heterocycles. The molecule has 2 aromatic heterocycles. The highest BCUT2D eigenvalue weighted by Gasteiger charge is 2.34. The minimum absolute atomic E-state index is 0.0274. The minimum Gasteiger partial charge on any atom is -0.322 e. The molecule has 2 aromatic carbocycles. The number of alkyl halides is 3. The molecule has 0 bridgehead atoms. The highest BCUT2D eigenvalue weighted by Crippen LogP contribution is 2.36. The van der Waals surface area contributed by atoms with Crippen molar-refractivity contribution in [2.45, 2.75) is 39.3 Å². The Morgan fingerprint density at radius 1 is 1.05 bits per heavy atom. The summed E-state index contributed by atoms with van der Waals surface area (Å²) in [5.41, 5.74) is 2.08. The predicted molar refractivity (Wildman–Crippen MR) is 137 cm³/mol. The summed E-state index contributed by atoms with van der Waals surface area (Å²) in [6.07, 6.45) is 4.94. The van der Waals surface area contributed by atoms with Gasteiger partial charge < -0.3 is 9.88 Å². The Bertz CT molecular complexity index is 1560. The molecule has 38 heavy (non-hydrogen) atoms. The van der Waals surface area contributed by atoms with Crippen molar-refractivity contribution in [3.05, 3.63) is 101 Å². The number of amides is 1. The zero-order valence-corrected chi connectivity index (χ0v) is 20.8. The summed E-state index contributed by atoms with van der Waals surface area (Å²) >= 11 is 0. The number of hydrogen-bond acceptors (Lipinski definition) is 4. The normalized spacial score (nSPS) is 13.1. The fourth-order valence-corrected chi connectivity index (χ4v) is 3.96. The minimum atomic E-state index is -4.62. The highest BCUT2D eigenvalue weighted by atomic mass is 19.4. The lowest BCUT2D eigenvalue weighted by atomic mass is 10.0. The van der Waals surface area contributed by atoms with E-state index in [-0.39, 0.29) is 16.9 Å². The Hall–Kier alpha value is -4.45. The second kappa shape index (κ2) is 10.1. The second-order valence-corrected chi connectivity index (χ2v) is 9.42. The van der Waals surface area contributed by atoms with Gasteiger partial charge in [0.25, 0.3) is 5.91 Å². The fraction of sp³-hybridized carbons (Fsp3) is 0.241. The third-order valence-electron chi connectivity index (χ3n) is 6.26. The van der Waals surface area contributed by atoms with Gasteiger partial charge in [-0.05, 0) is 68.5 Å². The molecule has 0 atom stereocenters. The van der Waals surface area contributed by atoms with Gasteiger partial charge in [0.1, 0.15) is 5.82 Å². The first-order chi connectivity index (χ1) is 18.2. The molecular weight excluding hydrogens is 491 g/mol. The van der Waals surface area contributed by atoms with Crippen molar-refractivity contribution in [1.29, 1.82) is 0 Å². The van der Waals surface area contributed by atoms with Crippen LogP contribution in [0.25, 0.3) is 5.69 Å². The summed E-state index contributed by atoms with van der Waals surface area (Å²) < 4.78 is 42.7. The number of benzene rings is 2. The lowest BCUT2D eigenvalue weighted by Crippen LogP contribution is -2.15. The number of rotatable bonds is 5. The molecule has 0 spiro atoms. The predicted octanol–water partition coefficient (Wildman–Crippen LogP) is 5.90. The van der Waals surface area contributed by atoms with Crippen LogP contribution in [0.1, 0.15) is 57.0 Å². The van der Waals surface area contributed by atoms with Crippen molar-refractivity contribution >= 4 is 11.6 Å². The summed E-state index contributed by atoms with van der Waals surface area (Å²) in [5, 5.41) is 2.57. The van der Waals surface area contributed by atoms with Gasteiger partial charge >= 0.3 is 6.18 Å². The molecular formula is C29H24F3N5O. The second-order valence-electron chi connectivity index (χ2n) is 9.42. The van der Waals surface area contributed by atoms with Crippen LogP contribution in [0.15, 0.2) is 61.3 Å². The topological polar surface area (TPSA) is 72.7 Å². The maximum atomic E-state index is 13.8. The van der Waals surface area contributed by atoms with Crippen molar-refractivity contribution in [2.75, 3.05) is 5.32 Å². The van der Waals surface area contributed by atoms with Crippen LogP contribution in [-0.2, 0) is 12.6 Å². The van der Waals surface area contributed by atoms with Crippen LogP contribution >= 0.6 is 0 Å². The van der Waals surface area contributed by atoms with E-state index in [2.05, 4.69) is 32.1 Å². The third-order valence-corrected chi connectivity index (χ3v) is 6.26. The van der Waals surface area contributed by atoms with Gasteiger partial charge in [-0.3, -0.25) is 4.79 Å². The molecule has 0 aliphatic heterocycles. The van der Waals surface area contributed by atoms with Gasteiger partial charge in [0.2, 0.25) is 0 Å². The maximum Gasteiger partial charge on any atom is 0.418 e. The Labute approximate surface area is 218 Å². The average molecular weight is 516 g/mol. The average Bonchev–Trinajstić information content (AvgIpc) is 3.60. The number of anilines is 1. The number of carbonyl (C=O) groups excluding carboxylic acids is 1. The SMILES string of the molecule is Cc1cn(-c2ccc(NC(=O)c3ccc(C)c(C#Cc4cnc(CC5CC5)nc4)c3)cc2C(F)(F)F)cn1. The molecule has 0 saturated heterocycles. The number of carbonyl (C=O) groups is 1. The molecule has 9 heteroatoms. The molecule has 1 amide bonds. The third kappa shape index (κ3) is 5.92. The van der Waals surface area contributed by atoms with E-state index in [0.29, 0.717) is 22.7 Å². The first-order valence-electron chi connectivity index (χ1n) is 12.1. The van der Waals surface area contributed by atoms with Crippen LogP contribution in [0.2, 0.25) is 0 Å². The van der Waals surface area contributed by atoms with Gasteiger partial charge in [0.15, 0.2) is 0 Å². The Balaban J connectivity index is 1.35. The van der Waals surface area contributed by atoms with Crippen LogP contribution in [0.4, 0.5) is 18.9 Å². The molecule has 1 aliphatic carbocycles. The summed E-state index contributed by atoms with van der Waals surface area (Å²) in [6.45, 7) is 3.56. The van der Waals surface area contributed by atoms with Gasteiger partial charge in [-0.1, -0.05) is 17.9 Å². The van der Waals surface area contributed by atoms with Crippen LogP contribution in [0.3, 0.4) is 0 Å². The first kappa shape index (κ1) is 25.2. The van der Waals surface area contributed by atoms with Crippen molar-refractivity contribution in [2.24, 2.45) is 5.92 Å². The van der Waals surface area contributed by atoms with Crippen LogP contribution in [0.5, 0.6) is 0 Å². The lowest BCUT2D eigenvalue weighted by Gasteiger charge is -2.15. The van der Waals surface area contributed by atoms with Crippen molar-refractivity contribution in [1.82, 2.24) is 19.5 Å². The van der Waals surface area contributed by atoms with Crippen molar-refractivity contribution in [3.8, 4) is 17.5 Å². The van der Waals surface area contributed by atoms with E-state index >= 15 is 0 Å². The number of nitrogens with zero attached hydrogens (tertiary/aromatic N) is 4. The zero-order chi connectivity index (χ0) is 26.9. The Morgan fingerprint density at radius 3 is 2.47 bits per heavy atom. The van der Waals surface area contributed by atoms with E-state index in [1.54, 1.807) is 37.5 Å². The number of halogens is 3. The molecule has 1 aliphatic rings. The molecule has 192 valence electrons. The van der Waals surface area contributed by atoms with E-state index in [9.17, 15) is 18.0 Å². The monoisotopic (exact) mass is 515 g/mol. The smallest absolute Gasteiger partial charge is 0.322 e. The summed E-state index contributed by atoms with van der Waals surface area (Å²) in [7, 11) is 0. The summed E-state index contributed by atoms with van der Waals surface area (Å²) in [6, 6.07) is 8.64. The zero-order valence-electron chi connectivity index (χ0n) is 20.8. The number of aryl methyl sites for hydroxylation is 2. The van der Waals surface area contributed by atoms with Crippen LogP contribution in [0, 0.1) is 31.6 Å². The molecule has 1 N–H and O–H groups in total. The van der Waals surface area contributed by atoms with Crippen LogP contribution < -0.4 is 5.32 Å². The number of nitrogens with one attached hydrogen (secondary N) is 1. The molecule has 5 rings (SSSR count). The Kier molecular flexibility index (Phi) is 6.72. The molecule has 0 unspecified atom stereocenters. The summed E-state index contributed by atoms with van der Waals surface area (Å²) in [5.74, 6) is 7.04. The van der Waals surface area contributed by atoms with E-state index in [0.717, 1.165) is 23.9 Å². The maximum absolute atomic E-state index is 13.8. The van der Waals surface area contributed by atoms with Gasteiger partial charge in [0, 0.05) is 41.8 Å². The largest absolute Gasteiger partial charge is 0.418 e. The van der Waals surface area contributed by atoms with Crippen molar-refractivity contribution < 1.29 is 18.0 Å². The summed E-state index contributed by atoms with van der Waals surface area (Å²) in [4.78, 5) is 25.7. The van der Waals surface area contributed by atoms with E-state index in [4.69, 9.17) is 0 Å².